The van der Waals surface area contributed by atoms with E-state index in [0.29, 0.717) is 12.1 Å². The molecule has 1 rings (SSSR count). The highest BCUT2D eigenvalue weighted by molar-refractivity contribution is 5.96. The molecule has 2 N–H and O–H groups in total. The average Bonchev–Trinajstić information content (AvgIpc) is 2.08. The van der Waals surface area contributed by atoms with E-state index >= 15 is 0 Å². The number of carboxylic acid groups (broad SMARTS) is 1. The van der Waals surface area contributed by atoms with Crippen molar-refractivity contribution >= 4 is 18.1 Å². The standard InChI is InChI=1S/C9H9NO3/c1-6-2-3-8(10-5-11)7(4-6)9(12)13/h2-5H,1H3,(H,10,11)(H,12,13). The summed E-state index contributed by atoms with van der Waals surface area (Å²) < 4.78 is 0. The van der Waals surface area contributed by atoms with Gasteiger partial charge in [0, 0.05) is 0 Å². The SMILES string of the molecule is Cc1ccc(NC=O)c(C(=O)O)c1. The molecule has 1 aromatic carbocycles. The molecular weight excluding hydrogens is 170 g/mol. The fraction of sp³-hybridized carbons (Fsp3) is 0.111. The van der Waals surface area contributed by atoms with Crippen LogP contribution < -0.4 is 5.32 Å². The molecule has 0 bridgehead atoms. The molecule has 4 heteroatoms. The van der Waals surface area contributed by atoms with Crippen molar-refractivity contribution in [1.29, 1.82) is 0 Å². The van der Waals surface area contributed by atoms with E-state index in [1.54, 1.807) is 19.1 Å². The van der Waals surface area contributed by atoms with Gasteiger partial charge in [-0.15, -0.1) is 0 Å². The van der Waals surface area contributed by atoms with Gasteiger partial charge in [0.05, 0.1) is 11.3 Å². The maximum Gasteiger partial charge on any atom is 0.337 e. The quantitative estimate of drug-likeness (QED) is 0.686. The smallest absolute Gasteiger partial charge is 0.337 e. The van der Waals surface area contributed by atoms with Crippen LogP contribution in [-0.4, -0.2) is 17.5 Å². The zero-order valence-corrected chi connectivity index (χ0v) is 7.07. The molecule has 0 aliphatic rings. The largest absolute Gasteiger partial charge is 0.478 e. The molecule has 1 amide bonds. The summed E-state index contributed by atoms with van der Waals surface area (Å²) in [5, 5.41) is 11.1. The number of carbonyl (C=O) groups excluding carboxylic acids is 1. The van der Waals surface area contributed by atoms with Crippen LogP contribution in [0.3, 0.4) is 0 Å². The highest BCUT2D eigenvalue weighted by Gasteiger charge is 2.08. The Hall–Kier alpha value is -1.84. The van der Waals surface area contributed by atoms with E-state index in [9.17, 15) is 9.59 Å². The third-order valence-electron chi connectivity index (χ3n) is 1.62. The van der Waals surface area contributed by atoms with Crippen molar-refractivity contribution < 1.29 is 14.7 Å². The van der Waals surface area contributed by atoms with Crippen molar-refractivity contribution in [1.82, 2.24) is 0 Å². The molecule has 0 fully saturated rings. The van der Waals surface area contributed by atoms with Crippen LogP contribution in [0.2, 0.25) is 0 Å². The van der Waals surface area contributed by atoms with Gasteiger partial charge in [0.15, 0.2) is 0 Å². The van der Waals surface area contributed by atoms with E-state index in [-0.39, 0.29) is 5.56 Å². The highest BCUT2D eigenvalue weighted by atomic mass is 16.4. The van der Waals surface area contributed by atoms with Gasteiger partial charge in [0.2, 0.25) is 6.41 Å². The van der Waals surface area contributed by atoms with Gasteiger partial charge in [-0.25, -0.2) is 4.79 Å². The van der Waals surface area contributed by atoms with Crippen LogP contribution in [-0.2, 0) is 4.79 Å². The summed E-state index contributed by atoms with van der Waals surface area (Å²) in [6.07, 6.45) is 0.455. The molecule has 0 aromatic heterocycles. The number of amides is 1. The maximum absolute atomic E-state index is 10.7. The van der Waals surface area contributed by atoms with E-state index in [2.05, 4.69) is 5.32 Å². The van der Waals surface area contributed by atoms with Crippen LogP contribution in [0.15, 0.2) is 18.2 Å². The van der Waals surface area contributed by atoms with Gasteiger partial charge in [0.1, 0.15) is 0 Å². The van der Waals surface area contributed by atoms with Gasteiger partial charge in [-0.05, 0) is 19.1 Å². The minimum absolute atomic E-state index is 0.104. The first-order valence-electron chi connectivity index (χ1n) is 3.69. The predicted octanol–water partition coefficient (Wildman–Crippen LogP) is 1.26. The summed E-state index contributed by atoms with van der Waals surface area (Å²) in [7, 11) is 0. The molecule has 0 unspecified atom stereocenters. The van der Waals surface area contributed by atoms with Crippen molar-refractivity contribution in [2.75, 3.05) is 5.32 Å². The van der Waals surface area contributed by atoms with Crippen LogP contribution >= 0.6 is 0 Å². The van der Waals surface area contributed by atoms with E-state index in [1.807, 2.05) is 0 Å². The second-order valence-electron chi connectivity index (χ2n) is 2.62. The Morgan fingerprint density at radius 3 is 2.77 bits per heavy atom. The number of hydrogen-bond donors (Lipinski definition) is 2. The summed E-state index contributed by atoms with van der Waals surface area (Å²) in [6, 6.07) is 4.81. The normalized spacial score (nSPS) is 9.31. The first-order chi connectivity index (χ1) is 6.15. The fourth-order valence-electron chi connectivity index (χ4n) is 1.02. The third kappa shape index (κ3) is 2.05. The third-order valence-corrected chi connectivity index (χ3v) is 1.62. The Bertz CT molecular complexity index is 347. The number of aromatic carboxylic acids is 1. The number of benzene rings is 1. The molecule has 4 nitrogen and oxygen atoms in total. The second-order valence-corrected chi connectivity index (χ2v) is 2.62. The summed E-state index contributed by atoms with van der Waals surface area (Å²) in [6.45, 7) is 1.79. The lowest BCUT2D eigenvalue weighted by Gasteiger charge is -2.04. The molecule has 0 spiro atoms. The van der Waals surface area contributed by atoms with Crippen LogP contribution in [0, 0.1) is 6.92 Å². The number of carbonyl (C=O) groups is 2. The van der Waals surface area contributed by atoms with Gasteiger partial charge >= 0.3 is 5.97 Å². The first kappa shape index (κ1) is 9.25. The number of nitrogens with one attached hydrogen (secondary N) is 1. The van der Waals surface area contributed by atoms with Gasteiger partial charge in [-0.3, -0.25) is 4.79 Å². The van der Waals surface area contributed by atoms with Gasteiger partial charge in [-0.1, -0.05) is 11.6 Å². The van der Waals surface area contributed by atoms with E-state index in [4.69, 9.17) is 5.11 Å². The molecule has 0 aliphatic carbocycles. The highest BCUT2D eigenvalue weighted by Crippen LogP contribution is 2.16. The Morgan fingerprint density at radius 2 is 2.23 bits per heavy atom. The molecular formula is C9H9NO3. The Balaban J connectivity index is 3.17. The molecule has 0 heterocycles. The molecule has 0 atom stereocenters. The Labute approximate surface area is 75.2 Å². The van der Waals surface area contributed by atoms with Crippen LogP contribution in [0.1, 0.15) is 15.9 Å². The Morgan fingerprint density at radius 1 is 1.54 bits per heavy atom. The van der Waals surface area contributed by atoms with Crippen molar-refractivity contribution in [2.24, 2.45) is 0 Å². The number of hydrogen-bond acceptors (Lipinski definition) is 2. The van der Waals surface area contributed by atoms with Gasteiger partial charge < -0.3 is 10.4 Å². The van der Waals surface area contributed by atoms with Crippen molar-refractivity contribution in [3.63, 3.8) is 0 Å². The second kappa shape index (κ2) is 3.71. The first-order valence-corrected chi connectivity index (χ1v) is 3.69. The van der Waals surface area contributed by atoms with Crippen LogP contribution in [0.25, 0.3) is 0 Å². The van der Waals surface area contributed by atoms with Crippen molar-refractivity contribution in [3.05, 3.63) is 29.3 Å². The zero-order chi connectivity index (χ0) is 9.84. The monoisotopic (exact) mass is 179 g/mol. The van der Waals surface area contributed by atoms with Crippen molar-refractivity contribution in [2.45, 2.75) is 6.92 Å². The maximum atomic E-state index is 10.7. The molecule has 13 heavy (non-hydrogen) atoms. The van der Waals surface area contributed by atoms with E-state index in [1.165, 1.54) is 6.07 Å². The summed E-state index contributed by atoms with van der Waals surface area (Å²) >= 11 is 0. The molecule has 0 radical (unpaired) electrons. The number of rotatable bonds is 3. The van der Waals surface area contributed by atoms with Crippen LogP contribution in [0.5, 0.6) is 0 Å². The van der Waals surface area contributed by atoms with Gasteiger partial charge in [0.25, 0.3) is 0 Å². The molecule has 68 valence electrons. The lowest BCUT2D eigenvalue weighted by molar-refractivity contribution is -0.105. The van der Waals surface area contributed by atoms with Gasteiger partial charge in [-0.2, -0.15) is 0 Å². The molecule has 1 aromatic rings. The average molecular weight is 179 g/mol. The van der Waals surface area contributed by atoms with E-state index < -0.39 is 5.97 Å². The number of anilines is 1. The summed E-state index contributed by atoms with van der Waals surface area (Å²) in [4.78, 5) is 20.8. The minimum Gasteiger partial charge on any atom is -0.478 e. The molecule has 0 aliphatic heterocycles. The van der Waals surface area contributed by atoms with E-state index in [0.717, 1.165) is 5.56 Å². The minimum atomic E-state index is -1.05. The fourth-order valence-corrected chi connectivity index (χ4v) is 1.02. The predicted molar refractivity (Wildman–Crippen MR) is 47.8 cm³/mol. The topological polar surface area (TPSA) is 66.4 Å². The number of carboxylic acids is 1. The van der Waals surface area contributed by atoms with Crippen molar-refractivity contribution in [3.8, 4) is 0 Å². The number of aryl methyl sites for hydroxylation is 1. The lowest BCUT2D eigenvalue weighted by atomic mass is 10.1. The summed E-state index contributed by atoms with van der Waals surface area (Å²) in [5.74, 6) is -1.05. The Kier molecular flexibility index (Phi) is 2.64. The molecule has 0 saturated heterocycles. The lowest BCUT2D eigenvalue weighted by Crippen LogP contribution is -2.04. The summed E-state index contributed by atoms with van der Waals surface area (Å²) in [5.41, 5.74) is 1.26. The molecule has 0 saturated carbocycles. The zero-order valence-electron chi connectivity index (χ0n) is 7.07. The van der Waals surface area contributed by atoms with Crippen LogP contribution in [0.4, 0.5) is 5.69 Å².